The molecule has 6 heterocycles. The number of aliphatic carboxylic acids is 1. The molecule has 0 spiro atoms. The van der Waals surface area contributed by atoms with Crippen LogP contribution in [-0.2, 0) is 102 Å². The number of benzene rings is 1. The lowest BCUT2D eigenvalue weighted by atomic mass is 9.84. The maximum Gasteiger partial charge on any atom is 0.326 e. The maximum absolute atomic E-state index is 15.7. The van der Waals surface area contributed by atoms with Crippen molar-refractivity contribution in [3.8, 4) is 0 Å². The summed E-state index contributed by atoms with van der Waals surface area (Å²) in [6.07, 6.45) is 15.8. The number of aromatic amines is 1. The summed E-state index contributed by atoms with van der Waals surface area (Å²) < 4.78 is 13.8. The highest BCUT2D eigenvalue weighted by Gasteiger charge is 2.50. The number of aromatic nitrogens is 5. The van der Waals surface area contributed by atoms with Crippen molar-refractivity contribution in [3.63, 3.8) is 0 Å². The van der Waals surface area contributed by atoms with E-state index in [1.165, 1.54) is 31.9 Å². The molecule has 2 aromatic heterocycles. The van der Waals surface area contributed by atoms with Crippen LogP contribution in [0.15, 0.2) is 53.0 Å². The van der Waals surface area contributed by atoms with Crippen molar-refractivity contribution in [2.75, 3.05) is 59.0 Å². The van der Waals surface area contributed by atoms with E-state index in [1.807, 2.05) is 34.6 Å². The van der Waals surface area contributed by atoms with E-state index in [2.05, 4.69) is 83.4 Å². The Balaban J connectivity index is 0.958. The molecule has 6 aliphatic rings. The molecule has 2 aliphatic carbocycles. The first-order valence-electron chi connectivity index (χ1n) is 48.1. The summed E-state index contributed by atoms with van der Waals surface area (Å²) in [7, 11) is 0. The van der Waals surface area contributed by atoms with Crippen LogP contribution >= 0.6 is 11.6 Å². The average molecular weight is 1910 g/mol. The highest BCUT2D eigenvalue weighted by atomic mass is 35.5. The standard InChI is InChI=1S/C91H145ClN26O17/c1-6-7-23-64(85(130)117-42-19-29-72(117)83(128)112-69(87(132)133)46-56-30-32-58(92)33-31-56)108-84(129)73-47-57-22-11-12-27-70(57)118(73)75(120)51-102-76(121)61(24-13-15-37-93)105-80(125)67(48-59-50-99-54-103-59)110-81(126)68(49-60-52-115(114-113-60)53-91(4,5)134-43-36-90(2,3)135-44-38-94)111-79(124)66(45-55-20-9-8-10-21-55)109-77(122)62(25-14-16-39-100-88(95)96)106-82(127)71-28-18-41-116(71)86(131)65(26-17-40-101-89(97)98)107-78(123)63-34-35-74(119)104-63/h30-33,50,52,54-55,57,61-73H,6-29,34-49,51,53,93-94H2,1-5H3,(H,99,103)(H,102,121)(H,104,119)(H,105,125)(H,106,127)(H,107,123)(H,108,129)(H,109,122)(H,110,126)(H,111,124)(H,112,128)(H,132,133)(H4,95,96,100)(H4,97,98,101)/t57?,61-,62-,63-,64-,65-,66-,67-,68-,69-,70?,71-,72-,73-/m0/s1. The number of amides is 13. The number of carbonyl (C=O) groups excluding carboxylic acids is 13. The Bertz CT molecular complexity index is 4500. The number of likely N-dealkylation sites (tertiary alicyclic amines) is 3. The first kappa shape index (κ1) is 107. The molecule has 44 heteroatoms. The van der Waals surface area contributed by atoms with E-state index in [4.69, 9.17) is 55.5 Å². The average Bonchev–Trinajstić information content (AvgIpc) is 1.62. The summed E-state index contributed by atoms with van der Waals surface area (Å²) in [4.78, 5) is 224. The number of nitrogens with zero attached hydrogens (tertiary/aromatic N) is 9. The first-order chi connectivity index (χ1) is 64.5. The normalized spacial score (nSPS) is 20.2. The van der Waals surface area contributed by atoms with Crippen LogP contribution in [0, 0.1) is 11.8 Å². The molecule has 2 unspecified atom stereocenters. The van der Waals surface area contributed by atoms with Gasteiger partial charge in [0.15, 0.2) is 11.9 Å². The summed E-state index contributed by atoms with van der Waals surface area (Å²) in [6.45, 7) is 10.8. The van der Waals surface area contributed by atoms with Gasteiger partial charge in [0.2, 0.25) is 76.8 Å². The number of nitrogens with one attached hydrogen (secondary N) is 11. The molecule has 4 aliphatic heterocycles. The van der Waals surface area contributed by atoms with Gasteiger partial charge in [0.05, 0.1) is 49.5 Å². The lowest BCUT2D eigenvalue weighted by Gasteiger charge is -2.34. The summed E-state index contributed by atoms with van der Waals surface area (Å²) >= 11 is 6.08. The van der Waals surface area contributed by atoms with Crippen LogP contribution in [0.2, 0.25) is 5.02 Å². The highest BCUT2D eigenvalue weighted by molar-refractivity contribution is 6.30. The topological polar surface area (TPSA) is 648 Å². The van der Waals surface area contributed by atoms with Gasteiger partial charge in [-0.25, -0.2) is 14.5 Å². The number of rotatable bonds is 55. The van der Waals surface area contributed by atoms with Crippen molar-refractivity contribution in [1.29, 1.82) is 0 Å². The fourth-order valence-electron chi connectivity index (χ4n) is 18.8. The van der Waals surface area contributed by atoms with Crippen LogP contribution in [0.1, 0.15) is 238 Å². The van der Waals surface area contributed by atoms with Gasteiger partial charge in [0, 0.05) is 87.6 Å². The molecule has 4 saturated heterocycles. The number of nitrogens with two attached hydrogens (primary N) is 6. The third-order valence-electron chi connectivity index (χ3n) is 26.0. The van der Waals surface area contributed by atoms with Gasteiger partial charge in [-0.1, -0.05) is 93.7 Å². The van der Waals surface area contributed by atoms with E-state index in [0.29, 0.717) is 113 Å². The van der Waals surface area contributed by atoms with Crippen LogP contribution in [0.4, 0.5) is 0 Å². The van der Waals surface area contributed by atoms with Gasteiger partial charge in [-0.3, -0.25) is 72.3 Å². The van der Waals surface area contributed by atoms with Gasteiger partial charge in [-0.2, -0.15) is 0 Å². The van der Waals surface area contributed by atoms with Gasteiger partial charge >= 0.3 is 5.97 Å². The van der Waals surface area contributed by atoms with E-state index in [0.717, 1.165) is 32.1 Å². The Labute approximate surface area is 793 Å². The zero-order valence-corrected chi connectivity index (χ0v) is 79.5. The number of guanidine groups is 2. The molecule has 6 fully saturated rings. The number of hydrogen-bond donors (Lipinski definition) is 18. The van der Waals surface area contributed by atoms with Crippen LogP contribution in [0.3, 0.4) is 0 Å². The minimum Gasteiger partial charge on any atom is -0.480 e. The molecule has 135 heavy (non-hydrogen) atoms. The molecule has 24 N–H and O–H groups in total. The second-order valence-corrected chi connectivity index (χ2v) is 38.1. The number of carboxylic acid groups (broad SMARTS) is 1. The Kier molecular flexibility index (Phi) is 42.5. The quantitative estimate of drug-likeness (QED) is 0.0199. The first-order valence-corrected chi connectivity index (χ1v) is 48.5. The third kappa shape index (κ3) is 33.9. The maximum atomic E-state index is 15.7. The number of imidazole rings is 1. The second kappa shape index (κ2) is 53.4. The number of unbranched alkanes of at least 4 members (excludes halogenated alkanes) is 3. The van der Waals surface area contributed by atoms with E-state index in [9.17, 15) is 48.3 Å². The predicted octanol–water partition coefficient (Wildman–Crippen LogP) is -0.0919. The van der Waals surface area contributed by atoms with E-state index >= 15 is 24.0 Å². The molecule has 0 bridgehead atoms. The van der Waals surface area contributed by atoms with Gasteiger partial charge < -0.3 is 122 Å². The Hall–Kier alpha value is -11.2. The number of fused-ring (bicyclic) bond motifs is 1. The highest BCUT2D eigenvalue weighted by Crippen LogP contribution is 2.40. The predicted molar refractivity (Wildman–Crippen MR) is 501 cm³/mol. The summed E-state index contributed by atoms with van der Waals surface area (Å²) in [6, 6.07) is -8.90. The van der Waals surface area contributed by atoms with Crippen LogP contribution in [0.25, 0.3) is 0 Å². The SMILES string of the molecule is CCCC[C@H](NC(=O)[C@@H]1CC2CCCCC2N1C(=O)CNC(=O)[C@H](CCCCN)NC(=O)[C@H](Cc1cnc[nH]1)NC(=O)[C@H](Cc1cn(CC(C)(C)OCCC(C)(C)OCCN)nn1)NC(=O)[C@H](CC1CCCCC1)NC(=O)[C@H](CCCCN=C(N)N)NC(=O)[C@@H]1CCCN1C(=O)[C@H](CCCN=C(N)N)NC(=O)[C@@H]1CCC(=O)N1)C(=O)N1CCC[C@H]1C(=O)N[C@@H](Cc1ccc(Cl)cc1)C(=O)O. The minimum atomic E-state index is -1.61. The molecule has 9 rings (SSSR count). The van der Waals surface area contributed by atoms with Crippen molar-refractivity contribution >= 4 is 106 Å². The molecular weight excluding hydrogens is 1760 g/mol. The fraction of sp³-hybridized carbons (Fsp3) is 0.703. The number of carbonyl (C=O) groups is 14. The van der Waals surface area contributed by atoms with E-state index < -0.39 is 173 Å². The van der Waals surface area contributed by atoms with Crippen molar-refractivity contribution in [2.45, 2.75) is 336 Å². The van der Waals surface area contributed by atoms with Gasteiger partial charge in [-0.05, 0) is 186 Å². The minimum absolute atomic E-state index is 0.00880. The molecule has 1 aromatic carbocycles. The van der Waals surface area contributed by atoms with Crippen molar-refractivity contribution < 1.29 is 81.7 Å². The number of H-pyrrole nitrogens is 1. The van der Waals surface area contributed by atoms with Crippen LogP contribution in [-0.4, -0.2) is 288 Å². The van der Waals surface area contributed by atoms with Crippen molar-refractivity contribution in [2.24, 2.45) is 56.2 Å². The van der Waals surface area contributed by atoms with Gasteiger partial charge in [-0.15, -0.1) is 5.10 Å². The molecular formula is C91H145ClN26O17. The van der Waals surface area contributed by atoms with E-state index in [-0.39, 0.29) is 171 Å². The Morgan fingerprint density at radius 1 is 0.570 bits per heavy atom. The number of carboxylic acids is 1. The van der Waals surface area contributed by atoms with Crippen molar-refractivity contribution in [3.05, 3.63) is 65.0 Å². The second-order valence-electron chi connectivity index (χ2n) is 37.6. The van der Waals surface area contributed by atoms with E-state index in [1.54, 1.807) is 30.5 Å². The summed E-state index contributed by atoms with van der Waals surface area (Å²) in [5.41, 5.74) is 34.1. The molecule has 748 valence electrons. The number of ether oxygens (including phenoxy) is 2. The zero-order valence-electron chi connectivity index (χ0n) is 78.7. The van der Waals surface area contributed by atoms with Gasteiger partial charge in [0.1, 0.15) is 72.5 Å². The molecule has 2 saturated carbocycles. The molecule has 0 radical (unpaired) electrons. The molecule has 14 atom stereocenters. The monoisotopic (exact) mass is 1910 g/mol. The van der Waals surface area contributed by atoms with Gasteiger partial charge in [0.25, 0.3) is 0 Å². The number of aliphatic imine (C=N–C) groups is 2. The zero-order chi connectivity index (χ0) is 97.9. The van der Waals surface area contributed by atoms with Crippen molar-refractivity contribution in [1.82, 2.24) is 92.8 Å². The largest absolute Gasteiger partial charge is 0.480 e. The van der Waals surface area contributed by atoms with Crippen LogP contribution < -0.4 is 87.6 Å². The number of hydrogen-bond acceptors (Lipinski definition) is 23. The molecule has 3 aromatic rings. The lowest BCUT2D eigenvalue weighted by Crippen LogP contribution is -2.61. The summed E-state index contributed by atoms with van der Waals surface area (Å²) in [5.74, 6) is -10.6. The Morgan fingerprint density at radius 3 is 1.73 bits per heavy atom. The van der Waals surface area contributed by atoms with Crippen LogP contribution in [0.5, 0.6) is 0 Å². The molecule has 13 amide bonds. The lowest BCUT2D eigenvalue weighted by molar-refractivity contribution is -0.145. The fourth-order valence-corrected chi connectivity index (χ4v) is 18.9. The smallest absolute Gasteiger partial charge is 0.326 e. The number of halogens is 1. The third-order valence-corrected chi connectivity index (χ3v) is 26.3. The Morgan fingerprint density at radius 2 is 1.12 bits per heavy atom. The summed E-state index contributed by atoms with van der Waals surface area (Å²) in [5, 5.41) is 47.8. The molecule has 43 nitrogen and oxygen atoms in total.